The lowest BCUT2D eigenvalue weighted by Crippen LogP contribution is -2.65. The normalized spacial score (nSPS) is 25.0. The molecule has 1 aliphatic heterocycles. The van der Waals surface area contributed by atoms with E-state index >= 15 is 0 Å². The maximum absolute atomic E-state index is 13.8. The van der Waals surface area contributed by atoms with Crippen molar-refractivity contribution in [1.82, 2.24) is 0 Å². The van der Waals surface area contributed by atoms with E-state index in [-0.39, 0.29) is 35.9 Å². The Balaban J connectivity index is 1.45. The monoisotopic (exact) mass is 686 g/mol. The molecule has 256 valence electrons. The molecule has 5 atom stereocenters. The fourth-order valence-electron chi connectivity index (χ4n) is 7.18. The molecule has 0 aromatic heterocycles. The van der Waals surface area contributed by atoms with E-state index in [2.05, 4.69) is 20.8 Å². The Morgan fingerprint density at radius 3 is 2.47 bits per heavy atom. The molecule has 0 spiro atoms. The zero-order valence-electron chi connectivity index (χ0n) is 28.9. The zero-order chi connectivity index (χ0) is 34.1. The van der Waals surface area contributed by atoms with Crippen LogP contribution >= 0.6 is 23.4 Å². The van der Waals surface area contributed by atoms with Gasteiger partial charge in [-0.3, -0.25) is 0 Å². The minimum atomic E-state index is -0.918. The number of ether oxygens (including phenoxy) is 4. The van der Waals surface area contributed by atoms with Crippen molar-refractivity contribution < 1.29 is 37.8 Å². The first-order valence-electron chi connectivity index (χ1n) is 16.6. The molecule has 2 aromatic rings. The summed E-state index contributed by atoms with van der Waals surface area (Å²) in [4.78, 5) is 27.5. The molecule has 0 N–H and O–H groups in total. The number of carbonyl (C=O) groups excluding carboxylic acids is 2. The summed E-state index contributed by atoms with van der Waals surface area (Å²) in [6.45, 7) is 14.3. The second-order valence-corrected chi connectivity index (χ2v) is 16.3. The van der Waals surface area contributed by atoms with E-state index in [0.29, 0.717) is 34.5 Å². The number of carbonyl (C=O) groups is 2. The van der Waals surface area contributed by atoms with E-state index < -0.39 is 35.7 Å². The van der Waals surface area contributed by atoms with Crippen molar-refractivity contribution in [3.63, 3.8) is 0 Å². The maximum atomic E-state index is 13.8. The molecule has 1 heterocycles. The maximum Gasteiger partial charge on any atom is 0.514 e. The van der Waals surface area contributed by atoms with Crippen LogP contribution in [0.15, 0.2) is 41.3 Å². The Morgan fingerprint density at radius 2 is 1.83 bits per heavy atom. The third-order valence-corrected chi connectivity index (χ3v) is 11.4. The quantitative estimate of drug-likeness (QED) is 0.0543. The summed E-state index contributed by atoms with van der Waals surface area (Å²) >= 11 is 8.53. The number of unbranched alkanes of at least 4 members (excludes halogenated alkanes) is 1. The number of alkyl halides is 1. The number of benzene rings is 2. The van der Waals surface area contributed by atoms with Crippen LogP contribution < -0.4 is 9.47 Å². The molecule has 2 bridgehead atoms. The Hall–Kier alpha value is -2.40. The Morgan fingerprint density at radius 1 is 1.11 bits per heavy atom. The molecule has 4 fully saturated rings. The number of hydrogen-bond donors (Lipinski definition) is 0. The molecule has 0 amide bonds. The summed E-state index contributed by atoms with van der Waals surface area (Å²) in [5.74, 6) is 1.83. The predicted molar refractivity (Wildman–Crippen MR) is 185 cm³/mol. The second-order valence-electron chi connectivity index (χ2n) is 14.7. The van der Waals surface area contributed by atoms with Gasteiger partial charge >= 0.3 is 19.2 Å². The molecule has 3 saturated carbocycles. The third-order valence-electron chi connectivity index (χ3n) is 9.94. The Bertz CT molecular complexity index is 1440. The summed E-state index contributed by atoms with van der Waals surface area (Å²) in [5.41, 5.74) is 0.744. The topological polar surface area (TPSA) is 89.5 Å². The molecular weight excluding hydrogens is 639 g/mol. The van der Waals surface area contributed by atoms with Crippen LogP contribution in [0, 0.1) is 17.3 Å². The van der Waals surface area contributed by atoms with Crippen molar-refractivity contribution in [2.24, 2.45) is 17.3 Å². The van der Waals surface area contributed by atoms with Gasteiger partial charge in [-0.1, -0.05) is 45.4 Å². The van der Waals surface area contributed by atoms with Gasteiger partial charge in [-0.05, 0) is 100.0 Å². The average Bonchev–Trinajstić information content (AvgIpc) is 3.37. The van der Waals surface area contributed by atoms with Gasteiger partial charge in [-0.25, -0.2) is 9.59 Å². The van der Waals surface area contributed by atoms with Crippen LogP contribution in [0.2, 0.25) is 0 Å². The molecule has 1 saturated heterocycles. The fourth-order valence-corrected chi connectivity index (χ4v) is 8.45. The van der Waals surface area contributed by atoms with Gasteiger partial charge in [0.15, 0.2) is 5.75 Å². The highest BCUT2D eigenvalue weighted by molar-refractivity contribution is 7.98. The van der Waals surface area contributed by atoms with Gasteiger partial charge < -0.3 is 28.3 Å². The predicted octanol–water partition coefficient (Wildman–Crippen LogP) is 8.68. The molecule has 1 unspecified atom stereocenters. The summed E-state index contributed by atoms with van der Waals surface area (Å²) in [7, 11) is 0.973. The first-order chi connectivity index (χ1) is 22.2. The lowest BCUT2D eigenvalue weighted by Gasteiger charge is -2.64. The van der Waals surface area contributed by atoms with E-state index in [1.165, 1.54) is 11.8 Å². The fraction of sp³-hybridized carbons (Fsp3) is 0.611. The van der Waals surface area contributed by atoms with Crippen LogP contribution in [0.25, 0.3) is 0 Å². The number of rotatable bonds is 12. The van der Waals surface area contributed by atoms with E-state index in [0.717, 1.165) is 30.6 Å². The highest BCUT2D eigenvalue weighted by Crippen LogP contribution is 2.66. The van der Waals surface area contributed by atoms with Crippen LogP contribution in [0.3, 0.4) is 0 Å². The van der Waals surface area contributed by atoms with Gasteiger partial charge in [-0.15, -0.1) is 23.4 Å². The largest absolute Gasteiger partial charge is 0.514 e. The van der Waals surface area contributed by atoms with Crippen molar-refractivity contribution in [2.45, 2.75) is 114 Å². The highest BCUT2D eigenvalue weighted by Gasteiger charge is 2.68. The van der Waals surface area contributed by atoms with Gasteiger partial charge in [0.25, 0.3) is 0 Å². The number of halogens is 1. The molecule has 0 radical (unpaired) electrons. The first-order valence-corrected chi connectivity index (χ1v) is 18.0. The zero-order valence-corrected chi connectivity index (χ0v) is 30.4. The highest BCUT2D eigenvalue weighted by atomic mass is 35.5. The lowest BCUT2D eigenvalue weighted by molar-refractivity contribution is -0.199. The molecule has 4 aliphatic rings. The van der Waals surface area contributed by atoms with Gasteiger partial charge in [0.2, 0.25) is 0 Å². The lowest BCUT2D eigenvalue weighted by atomic mass is 9.43. The summed E-state index contributed by atoms with van der Waals surface area (Å²) in [6.07, 6.45) is 2.94. The molecule has 47 heavy (non-hydrogen) atoms. The van der Waals surface area contributed by atoms with Crippen LogP contribution in [0.5, 0.6) is 11.5 Å². The van der Waals surface area contributed by atoms with Gasteiger partial charge in [0.05, 0.1) is 30.7 Å². The van der Waals surface area contributed by atoms with E-state index in [4.69, 9.17) is 39.9 Å². The van der Waals surface area contributed by atoms with Crippen molar-refractivity contribution >= 4 is 42.6 Å². The number of hydrogen-bond acceptors (Lipinski definition) is 9. The van der Waals surface area contributed by atoms with Crippen LogP contribution in [-0.4, -0.2) is 55.5 Å². The van der Waals surface area contributed by atoms with Crippen LogP contribution in [0.4, 0.5) is 4.79 Å². The van der Waals surface area contributed by atoms with E-state index in [9.17, 15) is 9.59 Å². The van der Waals surface area contributed by atoms with Gasteiger partial charge in [0.1, 0.15) is 16.9 Å². The van der Waals surface area contributed by atoms with E-state index in [1.807, 2.05) is 43.3 Å². The molecule has 6 rings (SSSR count). The Labute approximate surface area is 289 Å². The average molecular weight is 687 g/mol. The van der Waals surface area contributed by atoms with Crippen molar-refractivity contribution in [3.8, 4) is 11.5 Å². The first kappa shape index (κ1) is 35.9. The molecule has 2 aromatic carbocycles. The van der Waals surface area contributed by atoms with Gasteiger partial charge in [0, 0.05) is 10.6 Å². The second kappa shape index (κ2) is 14.2. The minimum Gasteiger partial charge on any atom is -0.497 e. The van der Waals surface area contributed by atoms with Crippen molar-refractivity contribution in [1.29, 1.82) is 0 Å². The number of esters is 1. The standard InChI is InChI=1S/C36H48BClO8S/c1-9-10-17-42-32(39)30-26(47-21-22-11-14-25(41-8)15-12-22)16-13-23(31(30)43-33(40)44-34(2,3)4)18-29(38)37-45-28-20-24-19-27(35(24,5)6)36(28,7)46-37/h11-16,24,27-29H,9-10,17-21H2,1-8H3/t24-,27-,28?,29+,36-/m0/s1. The van der Waals surface area contributed by atoms with Crippen LogP contribution in [-0.2, 0) is 31.0 Å². The molecule has 8 nitrogen and oxygen atoms in total. The third kappa shape index (κ3) is 7.76. The number of methoxy groups -OCH3 is 1. The summed E-state index contributed by atoms with van der Waals surface area (Å²) in [6, 6.07) is 11.4. The van der Waals surface area contributed by atoms with E-state index in [1.54, 1.807) is 27.9 Å². The summed E-state index contributed by atoms with van der Waals surface area (Å²) < 4.78 is 35.5. The van der Waals surface area contributed by atoms with Crippen molar-refractivity contribution in [3.05, 3.63) is 53.1 Å². The molecule has 11 heteroatoms. The van der Waals surface area contributed by atoms with Crippen molar-refractivity contribution in [2.75, 3.05) is 13.7 Å². The van der Waals surface area contributed by atoms with Gasteiger partial charge in [-0.2, -0.15) is 0 Å². The summed E-state index contributed by atoms with van der Waals surface area (Å²) in [5, 5.41) is -0.611. The minimum absolute atomic E-state index is 0.0242. The Kier molecular flexibility index (Phi) is 10.9. The molecular formula is C36H48BClO8S. The smallest absolute Gasteiger partial charge is 0.497 e. The molecule has 3 aliphatic carbocycles. The van der Waals surface area contributed by atoms with Crippen LogP contribution in [0.1, 0.15) is 95.6 Å². The SMILES string of the molecule is CCCCOC(=O)c1c(SCc2ccc(OC)cc2)ccc(C[C@@H](Cl)B2OC3C[C@@H]4C[C@@H](C4(C)C)[C@]3(C)O2)c1OC(=O)OC(C)(C)C. The number of thioether (sulfide) groups is 1.